The number of rotatable bonds is 13. The minimum absolute atomic E-state index is 0.0269. The van der Waals surface area contributed by atoms with Crippen LogP contribution in [0.25, 0.3) is 78.6 Å². The van der Waals surface area contributed by atoms with Gasteiger partial charge < -0.3 is 33.1 Å². The van der Waals surface area contributed by atoms with Crippen molar-refractivity contribution in [3.63, 3.8) is 0 Å². The Morgan fingerprint density at radius 2 is 1.21 bits per heavy atom. The lowest BCUT2D eigenvalue weighted by molar-refractivity contribution is -0.138. The highest BCUT2D eigenvalue weighted by molar-refractivity contribution is 5.95. The van der Waals surface area contributed by atoms with E-state index in [0.717, 1.165) is 33.4 Å². The van der Waals surface area contributed by atoms with Gasteiger partial charge in [-0.15, -0.1) is 0 Å². The molecule has 17 heteroatoms. The Kier molecular flexibility index (Phi) is 12.5. The molecule has 9 rings (SSSR count). The molecule has 0 aliphatic heterocycles. The molecule has 0 aliphatic rings. The van der Waals surface area contributed by atoms with E-state index in [2.05, 4.69) is 26.4 Å². The molecule has 0 saturated carbocycles. The Morgan fingerprint density at radius 3 is 1.71 bits per heavy atom. The molecule has 5 aromatic carbocycles. The zero-order chi connectivity index (χ0) is 46.5. The SMILES string of the molecule is CC(C)Oc1ccc(-c2nc(-c3cccc4c3ccn4CCC(=O)O)no2)cc1C#N.O=C(O)CCn1ccc2c(-c3noc(-c4ccc(-c5ccccc5)c(C(F)(F)F)c4)n3)cccc21. The smallest absolute Gasteiger partial charge is 0.417 e. The summed E-state index contributed by atoms with van der Waals surface area (Å²) in [6, 6.07) is 34.4. The molecule has 2 N–H and O–H groups in total. The van der Waals surface area contributed by atoms with Crippen LogP contribution in [0.3, 0.4) is 0 Å². The highest BCUT2D eigenvalue weighted by Crippen LogP contribution is 2.40. The van der Waals surface area contributed by atoms with E-state index >= 15 is 0 Å². The van der Waals surface area contributed by atoms with Crippen molar-refractivity contribution < 1.29 is 46.8 Å². The Balaban J connectivity index is 0.000000181. The first kappa shape index (κ1) is 44.1. The molecule has 0 spiro atoms. The number of fused-ring (bicyclic) bond motifs is 2. The second-order valence-electron chi connectivity index (χ2n) is 15.2. The van der Waals surface area contributed by atoms with Crippen LogP contribution < -0.4 is 4.74 Å². The van der Waals surface area contributed by atoms with E-state index in [-0.39, 0.29) is 41.8 Å². The van der Waals surface area contributed by atoms with Gasteiger partial charge in [0.05, 0.1) is 30.1 Å². The van der Waals surface area contributed by atoms with E-state index in [9.17, 15) is 28.0 Å². The molecule has 0 unspecified atom stereocenters. The van der Waals surface area contributed by atoms with Crippen molar-refractivity contribution >= 4 is 33.7 Å². The van der Waals surface area contributed by atoms with E-state index in [0.29, 0.717) is 52.8 Å². The number of ether oxygens (including phenoxy) is 1. The fraction of sp³-hybridized carbons (Fsp3) is 0.163. The Morgan fingerprint density at radius 1 is 0.682 bits per heavy atom. The van der Waals surface area contributed by atoms with Gasteiger partial charge in [0.1, 0.15) is 11.8 Å². The zero-order valence-electron chi connectivity index (χ0n) is 35.2. The molecule has 0 fully saturated rings. The summed E-state index contributed by atoms with van der Waals surface area (Å²) < 4.78 is 61.8. The van der Waals surface area contributed by atoms with Crippen LogP contribution in [0.15, 0.2) is 137 Å². The number of halogens is 3. The summed E-state index contributed by atoms with van der Waals surface area (Å²) in [4.78, 5) is 30.7. The second-order valence-corrected chi connectivity index (χ2v) is 15.2. The normalized spacial score (nSPS) is 11.4. The van der Waals surface area contributed by atoms with Gasteiger partial charge in [0, 0.05) is 69.5 Å². The number of hydrogen-bond donors (Lipinski definition) is 2. The van der Waals surface area contributed by atoms with Crippen molar-refractivity contribution in [1.82, 2.24) is 29.4 Å². The third-order valence-electron chi connectivity index (χ3n) is 10.5. The van der Waals surface area contributed by atoms with Crippen LogP contribution >= 0.6 is 0 Å². The number of nitriles is 1. The molecule has 4 aromatic heterocycles. The molecule has 0 aliphatic carbocycles. The van der Waals surface area contributed by atoms with Gasteiger partial charge in [0.25, 0.3) is 11.8 Å². The molecule has 66 heavy (non-hydrogen) atoms. The molecule has 0 saturated heterocycles. The summed E-state index contributed by atoms with van der Waals surface area (Å²) in [6.07, 6.45) is -0.981. The van der Waals surface area contributed by atoms with Crippen LogP contribution in [0.4, 0.5) is 13.2 Å². The standard InChI is InChI=1S/C26H18F3N3O3.C23H20N4O4/c27-26(28,29)21-15-17(9-10-18(21)16-5-2-1-3-6-16)25-30-24(31-35-25)20-7-4-8-22-19(20)11-13-32(22)14-12-23(33)34;1-14(2)30-20-7-6-15(12-16(20)13-24)23-25-22(26-31-23)18-4-3-5-19-17(18)8-10-27(19)11-9-21(28)29/h1-11,13,15H,12,14H2,(H,33,34);3-8,10,12,14H,9,11H2,1-2H3,(H,28,29). The van der Waals surface area contributed by atoms with Gasteiger partial charge in [0.15, 0.2) is 0 Å². The van der Waals surface area contributed by atoms with Gasteiger partial charge in [-0.25, -0.2) is 0 Å². The molecule has 0 radical (unpaired) electrons. The molecular formula is C49H38F3N7O7. The van der Waals surface area contributed by atoms with Crippen LogP contribution in [0.2, 0.25) is 0 Å². The third-order valence-corrected chi connectivity index (χ3v) is 10.5. The number of aryl methyl sites for hydroxylation is 2. The molecule has 0 atom stereocenters. The zero-order valence-corrected chi connectivity index (χ0v) is 35.2. The van der Waals surface area contributed by atoms with Gasteiger partial charge >= 0.3 is 18.1 Å². The summed E-state index contributed by atoms with van der Waals surface area (Å²) in [6.45, 7) is 4.47. The van der Waals surface area contributed by atoms with Crippen LogP contribution in [0.5, 0.6) is 5.75 Å². The summed E-state index contributed by atoms with van der Waals surface area (Å²) >= 11 is 0. The highest BCUT2D eigenvalue weighted by Gasteiger charge is 2.34. The van der Waals surface area contributed by atoms with Crippen molar-refractivity contribution in [3.05, 3.63) is 139 Å². The number of benzene rings is 5. The maximum absolute atomic E-state index is 13.9. The van der Waals surface area contributed by atoms with Crippen LogP contribution in [-0.4, -0.2) is 57.7 Å². The Bertz CT molecular complexity index is 3250. The average Bonchev–Trinajstić information content (AvgIpc) is 4.15. The van der Waals surface area contributed by atoms with E-state index in [1.165, 1.54) is 12.1 Å². The predicted octanol–water partition coefficient (Wildman–Crippen LogP) is 11.0. The third kappa shape index (κ3) is 9.53. The first-order valence-electron chi connectivity index (χ1n) is 20.5. The van der Waals surface area contributed by atoms with Gasteiger partial charge in [-0.05, 0) is 79.6 Å². The summed E-state index contributed by atoms with van der Waals surface area (Å²) in [5.41, 5.74) is 3.99. The first-order chi connectivity index (χ1) is 31.8. The van der Waals surface area contributed by atoms with Crippen LogP contribution in [0, 0.1) is 11.3 Å². The summed E-state index contributed by atoms with van der Waals surface area (Å²) in [5.74, 6) is -0.338. The molecule has 332 valence electrons. The average molecular weight is 894 g/mol. The van der Waals surface area contributed by atoms with Crippen molar-refractivity contribution in [2.75, 3.05) is 0 Å². The largest absolute Gasteiger partial charge is 0.490 e. The molecule has 0 bridgehead atoms. The number of aliphatic carboxylic acids is 2. The number of alkyl halides is 3. The lowest BCUT2D eigenvalue weighted by Gasteiger charge is -2.14. The van der Waals surface area contributed by atoms with E-state index in [4.69, 9.17) is 24.0 Å². The fourth-order valence-electron chi connectivity index (χ4n) is 7.45. The van der Waals surface area contributed by atoms with Crippen LogP contribution in [0.1, 0.15) is 37.8 Å². The maximum Gasteiger partial charge on any atom is 0.417 e. The summed E-state index contributed by atoms with van der Waals surface area (Å²) in [5, 5.41) is 37.2. The fourth-order valence-corrected chi connectivity index (χ4v) is 7.45. The number of carboxylic acid groups (broad SMARTS) is 2. The Labute approximate surface area is 373 Å². The topological polar surface area (TPSA) is 195 Å². The van der Waals surface area contributed by atoms with Gasteiger partial charge in [-0.2, -0.15) is 28.4 Å². The second kappa shape index (κ2) is 18.7. The van der Waals surface area contributed by atoms with Crippen LogP contribution in [-0.2, 0) is 28.9 Å². The van der Waals surface area contributed by atoms with Gasteiger partial charge in [-0.1, -0.05) is 71.0 Å². The van der Waals surface area contributed by atoms with Crippen molar-refractivity contribution in [3.8, 4) is 68.6 Å². The number of carbonyl (C=O) groups is 2. The van der Waals surface area contributed by atoms with Crippen molar-refractivity contribution in [2.45, 2.75) is 52.1 Å². The number of aromatic nitrogens is 6. The Hall–Kier alpha value is -8.52. The molecular weight excluding hydrogens is 856 g/mol. The summed E-state index contributed by atoms with van der Waals surface area (Å²) in [7, 11) is 0. The first-order valence-corrected chi connectivity index (χ1v) is 20.5. The van der Waals surface area contributed by atoms with E-state index < -0.39 is 23.7 Å². The maximum atomic E-state index is 13.9. The molecule has 4 heterocycles. The van der Waals surface area contributed by atoms with Crippen molar-refractivity contribution in [1.29, 1.82) is 5.26 Å². The van der Waals surface area contributed by atoms with Crippen molar-refractivity contribution in [2.24, 2.45) is 0 Å². The number of carboxylic acids is 2. The van der Waals surface area contributed by atoms with E-state index in [1.807, 2.05) is 65.6 Å². The molecule has 9 aromatic rings. The quantitative estimate of drug-likeness (QED) is 0.111. The lowest BCUT2D eigenvalue weighted by Crippen LogP contribution is -2.07. The van der Waals surface area contributed by atoms with Gasteiger partial charge in [-0.3, -0.25) is 9.59 Å². The van der Waals surface area contributed by atoms with E-state index in [1.54, 1.807) is 66.9 Å². The minimum Gasteiger partial charge on any atom is -0.490 e. The number of nitrogens with zero attached hydrogens (tertiary/aromatic N) is 7. The van der Waals surface area contributed by atoms with Gasteiger partial charge in [0.2, 0.25) is 11.6 Å². The lowest BCUT2D eigenvalue weighted by atomic mass is 9.97. The highest BCUT2D eigenvalue weighted by atomic mass is 19.4. The molecule has 0 amide bonds. The monoisotopic (exact) mass is 893 g/mol. The predicted molar refractivity (Wildman–Crippen MR) is 237 cm³/mol. The minimum atomic E-state index is -4.57. The number of hydrogen-bond acceptors (Lipinski definition) is 10. The molecule has 14 nitrogen and oxygen atoms in total.